The Bertz CT molecular complexity index is 450. The van der Waals surface area contributed by atoms with Crippen molar-refractivity contribution in [1.82, 2.24) is 9.97 Å². The summed E-state index contributed by atoms with van der Waals surface area (Å²) in [4.78, 5) is 30.2. The van der Waals surface area contributed by atoms with E-state index in [0.717, 1.165) is 11.8 Å². The van der Waals surface area contributed by atoms with Gasteiger partial charge in [-0.25, -0.2) is 9.78 Å². The van der Waals surface area contributed by atoms with E-state index in [0.29, 0.717) is 5.03 Å². The zero-order chi connectivity index (χ0) is 13.7. The van der Waals surface area contributed by atoms with Crippen LogP contribution in [0, 0.1) is 5.92 Å². The molecule has 1 atom stereocenters. The number of aliphatic carboxylic acids is 1. The number of aromatic nitrogens is 2. The fourth-order valence-corrected chi connectivity index (χ4v) is 2.12. The molecule has 98 valence electrons. The third-order valence-electron chi connectivity index (χ3n) is 2.10. The molecule has 1 rings (SSSR count). The van der Waals surface area contributed by atoms with E-state index in [-0.39, 0.29) is 11.6 Å². The molecule has 1 aromatic rings. The van der Waals surface area contributed by atoms with E-state index in [1.807, 2.05) is 13.8 Å². The summed E-state index contributed by atoms with van der Waals surface area (Å²) in [6.07, 6.45) is 2.70. The highest BCUT2D eigenvalue weighted by atomic mass is 32.2. The lowest BCUT2D eigenvalue weighted by Crippen LogP contribution is -2.22. The van der Waals surface area contributed by atoms with Crippen molar-refractivity contribution in [1.29, 1.82) is 0 Å². The second kappa shape index (κ2) is 6.34. The third kappa shape index (κ3) is 3.69. The number of carbonyl (C=O) groups is 2. The van der Waals surface area contributed by atoms with Gasteiger partial charge in [0.05, 0.1) is 19.5 Å². The first-order valence-electron chi connectivity index (χ1n) is 5.25. The Morgan fingerprint density at radius 2 is 2.06 bits per heavy atom. The van der Waals surface area contributed by atoms with Gasteiger partial charge in [0.2, 0.25) is 0 Å². The Morgan fingerprint density at radius 3 is 2.56 bits per heavy atom. The first-order valence-corrected chi connectivity index (χ1v) is 6.13. The van der Waals surface area contributed by atoms with E-state index < -0.39 is 17.2 Å². The topological polar surface area (TPSA) is 89.4 Å². The van der Waals surface area contributed by atoms with Crippen LogP contribution in [0.4, 0.5) is 0 Å². The normalized spacial score (nSPS) is 12.2. The Kier molecular flexibility index (Phi) is 5.08. The van der Waals surface area contributed by atoms with Gasteiger partial charge < -0.3 is 9.84 Å². The van der Waals surface area contributed by atoms with E-state index >= 15 is 0 Å². The van der Waals surface area contributed by atoms with E-state index in [1.165, 1.54) is 19.5 Å². The van der Waals surface area contributed by atoms with Crippen molar-refractivity contribution in [3.8, 4) is 0 Å². The van der Waals surface area contributed by atoms with Crippen LogP contribution in [0.25, 0.3) is 0 Å². The Labute approximate surface area is 109 Å². The molecule has 7 heteroatoms. The van der Waals surface area contributed by atoms with E-state index in [1.54, 1.807) is 0 Å². The van der Waals surface area contributed by atoms with E-state index in [9.17, 15) is 9.59 Å². The van der Waals surface area contributed by atoms with Gasteiger partial charge in [0.25, 0.3) is 0 Å². The zero-order valence-electron chi connectivity index (χ0n) is 10.3. The van der Waals surface area contributed by atoms with Gasteiger partial charge in [-0.15, -0.1) is 0 Å². The smallest absolute Gasteiger partial charge is 0.358 e. The maximum Gasteiger partial charge on any atom is 0.358 e. The van der Waals surface area contributed by atoms with Crippen LogP contribution in [-0.2, 0) is 9.53 Å². The van der Waals surface area contributed by atoms with E-state index in [2.05, 4.69) is 14.7 Å². The average Bonchev–Trinajstić information content (AvgIpc) is 2.34. The standard InChI is InChI=1S/C11H14N2O4S/c1-6(2)9(10(14)15)18-8-5-12-4-7(13-8)11(16)17-3/h4-6,9H,1-3H3,(H,14,15). The molecule has 0 aromatic carbocycles. The predicted molar refractivity (Wildman–Crippen MR) is 65.5 cm³/mol. The van der Waals surface area contributed by atoms with Gasteiger partial charge in [0.1, 0.15) is 10.3 Å². The summed E-state index contributed by atoms with van der Waals surface area (Å²) in [5.41, 5.74) is 0.0652. The monoisotopic (exact) mass is 270 g/mol. The van der Waals surface area contributed by atoms with Crippen LogP contribution in [0.1, 0.15) is 24.3 Å². The fourth-order valence-electron chi connectivity index (χ4n) is 1.21. The van der Waals surface area contributed by atoms with Crippen molar-refractivity contribution in [2.45, 2.75) is 24.1 Å². The summed E-state index contributed by atoms with van der Waals surface area (Å²) in [5.74, 6) is -1.57. The summed E-state index contributed by atoms with van der Waals surface area (Å²) in [7, 11) is 1.25. The number of esters is 1. The maximum atomic E-state index is 11.3. The first-order chi connectivity index (χ1) is 8.45. The SMILES string of the molecule is COC(=O)c1cncc(SC(C(=O)O)C(C)C)n1. The van der Waals surface area contributed by atoms with Gasteiger partial charge in [0.15, 0.2) is 5.69 Å². The van der Waals surface area contributed by atoms with Crippen molar-refractivity contribution < 1.29 is 19.4 Å². The number of nitrogens with zero attached hydrogens (tertiary/aromatic N) is 2. The molecule has 0 aliphatic heterocycles. The second-order valence-corrected chi connectivity index (χ2v) is 5.02. The quantitative estimate of drug-likeness (QED) is 0.640. The Morgan fingerprint density at radius 1 is 1.39 bits per heavy atom. The van der Waals surface area contributed by atoms with E-state index in [4.69, 9.17) is 5.11 Å². The van der Waals surface area contributed by atoms with Crippen molar-refractivity contribution in [2.24, 2.45) is 5.92 Å². The summed E-state index contributed by atoms with van der Waals surface area (Å²) in [6.45, 7) is 3.62. The summed E-state index contributed by atoms with van der Waals surface area (Å²) < 4.78 is 4.52. The Hall–Kier alpha value is -1.63. The summed E-state index contributed by atoms with van der Waals surface area (Å²) in [6, 6.07) is 0. The summed E-state index contributed by atoms with van der Waals surface area (Å²) >= 11 is 1.07. The van der Waals surface area contributed by atoms with Crippen LogP contribution in [0.3, 0.4) is 0 Å². The number of ether oxygens (including phenoxy) is 1. The fraction of sp³-hybridized carbons (Fsp3) is 0.455. The predicted octanol–water partition coefficient (Wildman–Crippen LogP) is 1.46. The second-order valence-electron chi connectivity index (χ2n) is 3.85. The molecule has 6 nitrogen and oxygen atoms in total. The van der Waals surface area contributed by atoms with Crippen LogP contribution >= 0.6 is 11.8 Å². The molecule has 1 unspecified atom stereocenters. The molecular formula is C11H14N2O4S. The van der Waals surface area contributed by atoms with Crippen LogP contribution in [-0.4, -0.2) is 39.4 Å². The third-order valence-corrected chi connectivity index (χ3v) is 3.54. The highest BCUT2D eigenvalue weighted by Crippen LogP contribution is 2.26. The minimum Gasteiger partial charge on any atom is -0.480 e. The van der Waals surface area contributed by atoms with Crippen molar-refractivity contribution in [3.05, 3.63) is 18.1 Å². The highest BCUT2D eigenvalue weighted by Gasteiger charge is 2.24. The number of thioether (sulfide) groups is 1. The van der Waals surface area contributed by atoms with Crippen LogP contribution in [0.2, 0.25) is 0 Å². The van der Waals surface area contributed by atoms with Crippen LogP contribution in [0.5, 0.6) is 0 Å². The molecule has 0 aliphatic carbocycles. The Balaban J connectivity index is 2.90. The molecule has 0 fully saturated rings. The lowest BCUT2D eigenvalue weighted by Gasteiger charge is -2.14. The molecule has 0 amide bonds. The number of carboxylic acid groups (broad SMARTS) is 1. The van der Waals surface area contributed by atoms with Gasteiger partial charge >= 0.3 is 11.9 Å². The van der Waals surface area contributed by atoms with Gasteiger partial charge in [-0.2, -0.15) is 0 Å². The molecule has 0 saturated carbocycles. The molecule has 0 radical (unpaired) electrons. The first kappa shape index (κ1) is 14.4. The maximum absolute atomic E-state index is 11.3. The number of methoxy groups -OCH3 is 1. The minimum absolute atomic E-state index is 0.0592. The number of hydrogen-bond acceptors (Lipinski definition) is 6. The van der Waals surface area contributed by atoms with Crippen LogP contribution < -0.4 is 0 Å². The molecule has 1 aromatic heterocycles. The minimum atomic E-state index is -0.916. The number of carbonyl (C=O) groups excluding carboxylic acids is 1. The largest absolute Gasteiger partial charge is 0.480 e. The van der Waals surface area contributed by atoms with Gasteiger partial charge in [0, 0.05) is 0 Å². The highest BCUT2D eigenvalue weighted by molar-refractivity contribution is 8.00. The molecule has 0 spiro atoms. The van der Waals surface area contributed by atoms with Gasteiger partial charge in [-0.1, -0.05) is 25.6 Å². The molecule has 1 heterocycles. The number of carboxylic acids is 1. The van der Waals surface area contributed by atoms with Crippen molar-refractivity contribution in [2.75, 3.05) is 7.11 Å². The lowest BCUT2D eigenvalue weighted by molar-refractivity contribution is -0.137. The zero-order valence-corrected chi connectivity index (χ0v) is 11.1. The number of rotatable bonds is 5. The molecule has 0 aliphatic rings. The molecule has 0 saturated heterocycles. The molecule has 1 N–H and O–H groups in total. The van der Waals surface area contributed by atoms with Gasteiger partial charge in [-0.05, 0) is 5.92 Å². The lowest BCUT2D eigenvalue weighted by atomic mass is 10.1. The number of hydrogen-bond donors (Lipinski definition) is 1. The molecular weight excluding hydrogens is 256 g/mol. The van der Waals surface area contributed by atoms with Crippen molar-refractivity contribution >= 4 is 23.7 Å². The molecule has 0 bridgehead atoms. The average molecular weight is 270 g/mol. The summed E-state index contributed by atoms with van der Waals surface area (Å²) in [5, 5.41) is 8.82. The van der Waals surface area contributed by atoms with Gasteiger partial charge in [-0.3, -0.25) is 9.78 Å². The molecule has 18 heavy (non-hydrogen) atoms. The van der Waals surface area contributed by atoms with Crippen LogP contribution in [0.15, 0.2) is 17.4 Å². The van der Waals surface area contributed by atoms with Crippen molar-refractivity contribution in [3.63, 3.8) is 0 Å².